The van der Waals surface area contributed by atoms with Gasteiger partial charge in [0.1, 0.15) is 5.75 Å². The number of likely N-dealkylation sites (tertiary alicyclic amines) is 1. The molecule has 0 radical (unpaired) electrons. The van der Waals surface area contributed by atoms with Crippen molar-refractivity contribution in [3.05, 3.63) is 59.4 Å². The number of nitrogens with zero attached hydrogens (tertiary/aromatic N) is 2. The van der Waals surface area contributed by atoms with Crippen LogP contribution in [0.2, 0.25) is 0 Å². The normalized spacial score (nSPS) is 23.5. The number of aryl methyl sites for hydroxylation is 1. The fourth-order valence-corrected chi connectivity index (χ4v) is 4.75. The number of nitrogens with one attached hydrogen (secondary N) is 1. The van der Waals surface area contributed by atoms with Gasteiger partial charge in [-0.05, 0) is 55.4 Å². The lowest BCUT2D eigenvalue weighted by Crippen LogP contribution is -2.51. The van der Waals surface area contributed by atoms with Crippen LogP contribution >= 0.6 is 0 Å². The van der Waals surface area contributed by atoms with Gasteiger partial charge in [0.2, 0.25) is 0 Å². The molecule has 0 unspecified atom stereocenters. The number of benzene rings is 1. The summed E-state index contributed by atoms with van der Waals surface area (Å²) >= 11 is 0. The van der Waals surface area contributed by atoms with Crippen LogP contribution in [0.15, 0.2) is 42.6 Å². The Hall–Kier alpha value is -2.97. The highest BCUT2D eigenvalue weighted by Crippen LogP contribution is 2.37. The zero-order valence-corrected chi connectivity index (χ0v) is 18.9. The summed E-state index contributed by atoms with van der Waals surface area (Å²) < 4.78 is 5.68. The van der Waals surface area contributed by atoms with Gasteiger partial charge in [-0.25, -0.2) is 0 Å². The van der Waals surface area contributed by atoms with Gasteiger partial charge in [0.25, 0.3) is 11.8 Å². The van der Waals surface area contributed by atoms with Crippen molar-refractivity contribution >= 4 is 11.8 Å². The Morgan fingerprint density at radius 1 is 1.15 bits per heavy atom. The monoisotopic (exact) mass is 453 g/mol. The number of aliphatic hydroxyl groups excluding tert-OH is 2. The van der Waals surface area contributed by atoms with Crippen LogP contribution in [0.5, 0.6) is 5.75 Å². The average molecular weight is 454 g/mol. The van der Waals surface area contributed by atoms with Crippen LogP contribution in [0.4, 0.5) is 0 Å². The molecule has 1 aromatic heterocycles. The Bertz CT molecular complexity index is 1000. The van der Waals surface area contributed by atoms with Crippen LogP contribution in [-0.4, -0.2) is 70.4 Å². The van der Waals surface area contributed by atoms with Crippen molar-refractivity contribution in [3.63, 3.8) is 0 Å². The van der Waals surface area contributed by atoms with E-state index in [1.807, 2.05) is 25.1 Å². The highest BCUT2D eigenvalue weighted by atomic mass is 16.5. The molecule has 3 N–H and O–H groups in total. The topological polar surface area (TPSA) is 112 Å². The largest absolute Gasteiger partial charge is 0.483 e. The molecule has 1 aromatic carbocycles. The Balaban J connectivity index is 1.49. The number of ether oxygens (including phenoxy) is 1. The van der Waals surface area contributed by atoms with Gasteiger partial charge in [-0.15, -0.1) is 0 Å². The minimum Gasteiger partial charge on any atom is -0.483 e. The maximum Gasteiger partial charge on any atom is 0.257 e. The first kappa shape index (κ1) is 23.2. The number of aliphatic hydroxyl groups is 2. The maximum atomic E-state index is 13.0. The van der Waals surface area contributed by atoms with Crippen molar-refractivity contribution in [2.75, 3.05) is 26.2 Å². The molecule has 2 aliphatic rings. The molecule has 176 valence electrons. The number of fused-ring (bicyclic) bond motifs is 1. The van der Waals surface area contributed by atoms with Gasteiger partial charge in [0.15, 0.2) is 6.61 Å². The second kappa shape index (κ2) is 9.89. The Morgan fingerprint density at radius 2 is 1.91 bits per heavy atom. The quantitative estimate of drug-likeness (QED) is 0.603. The number of aromatic nitrogens is 1. The molecule has 2 atom stereocenters. The highest BCUT2D eigenvalue weighted by molar-refractivity contribution is 5.95. The predicted octanol–water partition coefficient (Wildman–Crippen LogP) is 1.48. The van der Waals surface area contributed by atoms with Gasteiger partial charge in [-0.1, -0.05) is 18.2 Å². The van der Waals surface area contributed by atoms with E-state index in [9.17, 15) is 19.8 Å². The number of hydrogen-bond donors (Lipinski definition) is 3. The fourth-order valence-electron chi connectivity index (χ4n) is 4.75. The molecule has 2 aromatic rings. The molecule has 3 heterocycles. The summed E-state index contributed by atoms with van der Waals surface area (Å²) in [7, 11) is 0. The number of para-hydroxylation sites is 1. The van der Waals surface area contributed by atoms with E-state index in [4.69, 9.17) is 4.74 Å². The van der Waals surface area contributed by atoms with Gasteiger partial charge in [0, 0.05) is 37.9 Å². The third kappa shape index (κ3) is 5.34. The lowest BCUT2D eigenvalue weighted by atomic mass is 9.73. The Kier molecular flexibility index (Phi) is 6.95. The molecule has 1 spiro atoms. The Morgan fingerprint density at radius 3 is 2.67 bits per heavy atom. The number of piperidine rings is 1. The summed E-state index contributed by atoms with van der Waals surface area (Å²) in [6.07, 6.45) is 1.54. The lowest BCUT2D eigenvalue weighted by Gasteiger charge is -2.43. The number of rotatable bonds is 1. The lowest BCUT2D eigenvalue weighted by molar-refractivity contribution is -0.124. The summed E-state index contributed by atoms with van der Waals surface area (Å²) in [5, 5.41) is 24.5. The summed E-state index contributed by atoms with van der Waals surface area (Å²) in [6, 6.07) is 10.8. The van der Waals surface area contributed by atoms with Crippen molar-refractivity contribution in [2.45, 2.75) is 44.8 Å². The third-order valence-corrected chi connectivity index (χ3v) is 6.86. The standard InChI is InChI=1S/C25H31N3O5/c1-17-19(6-4-10-26-17)24(32)28-11-8-25(9-12-28)14-21(30)20(29)13-18-5-2-3-7-22(18)33-15-23(31)27-16-25/h2-7,10,20-21,29-30H,8-9,11-16H2,1H3,(H,27,31)/t20-,21+/m0/s1. The number of hydrogen-bond acceptors (Lipinski definition) is 6. The van der Waals surface area contributed by atoms with E-state index >= 15 is 0 Å². The molecular formula is C25H31N3O5. The molecule has 8 heteroatoms. The minimum absolute atomic E-state index is 0.0572. The van der Waals surface area contributed by atoms with Gasteiger partial charge in [-0.2, -0.15) is 0 Å². The smallest absolute Gasteiger partial charge is 0.257 e. The van der Waals surface area contributed by atoms with Gasteiger partial charge in [-0.3, -0.25) is 14.6 Å². The molecule has 4 rings (SSSR count). The van der Waals surface area contributed by atoms with E-state index < -0.39 is 17.6 Å². The minimum atomic E-state index is -0.961. The summed E-state index contributed by atoms with van der Waals surface area (Å²) in [5.41, 5.74) is 1.61. The first-order valence-electron chi connectivity index (χ1n) is 11.4. The first-order chi connectivity index (χ1) is 15.9. The van der Waals surface area contributed by atoms with E-state index in [1.54, 1.807) is 29.3 Å². The SMILES string of the molecule is Cc1ncccc1C(=O)N1CCC2(CC1)CNC(=O)COc1ccccc1C[C@H](O)[C@H](O)C2. The van der Waals surface area contributed by atoms with Crippen molar-refractivity contribution in [1.82, 2.24) is 15.2 Å². The van der Waals surface area contributed by atoms with E-state index in [-0.39, 0.29) is 24.8 Å². The third-order valence-electron chi connectivity index (χ3n) is 6.86. The summed E-state index contributed by atoms with van der Waals surface area (Å²) in [4.78, 5) is 31.5. The molecule has 0 bridgehead atoms. The number of carbonyl (C=O) groups is 2. The van der Waals surface area contributed by atoms with Crippen LogP contribution < -0.4 is 10.1 Å². The van der Waals surface area contributed by atoms with Crippen LogP contribution in [0, 0.1) is 12.3 Å². The zero-order valence-electron chi connectivity index (χ0n) is 18.9. The number of pyridine rings is 1. The molecule has 0 aliphatic carbocycles. The van der Waals surface area contributed by atoms with Crippen molar-refractivity contribution in [1.29, 1.82) is 0 Å². The van der Waals surface area contributed by atoms with Crippen LogP contribution in [0.1, 0.15) is 40.9 Å². The van der Waals surface area contributed by atoms with Crippen LogP contribution in [0.25, 0.3) is 0 Å². The highest BCUT2D eigenvalue weighted by Gasteiger charge is 2.40. The predicted molar refractivity (Wildman–Crippen MR) is 122 cm³/mol. The molecule has 2 amide bonds. The second-order valence-corrected chi connectivity index (χ2v) is 9.14. The summed E-state index contributed by atoms with van der Waals surface area (Å²) in [5.74, 6) is 0.245. The van der Waals surface area contributed by atoms with E-state index in [1.165, 1.54) is 0 Å². The molecular weight excluding hydrogens is 422 g/mol. The van der Waals surface area contributed by atoms with E-state index in [0.717, 1.165) is 5.56 Å². The molecule has 1 saturated heterocycles. The maximum absolute atomic E-state index is 13.0. The fraction of sp³-hybridized carbons (Fsp3) is 0.480. The average Bonchev–Trinajstić information content (AvgIpc) is 2.82. The van der Waals surface area contributed by atoms with Crippen molar-refractivity contribution < 1.29 is 24.5 Å². The Labute approximate surface area is 193 Å². The van der Waals surface area contributed by atoms with Gasteiger partial charge in [0.05, 0.1) is 17.8 Å². The second-order valence-electron chi connectivity index (χ2n) is 9.14. The van der Waals surface area contributed by atoms with Crippen molar-refractivity contribution in [3.8, 4) is 5.75 Å². The molecule has 8 nitrogen and oxygen atoms in total. The zero-order chi connectivity index (χ0) is 23.4. The molecule has 2 aliphatic heterocycles. The number of carbonyl (C=O) groups excluding carboxylic acids is 2. The molecule has 0 saturated carbocycles. The number of amides is 2. The van der Waals surface area contributed by atoms with Gasteiger partial charge >= 0.3 is 0 Å². The molecule has 1 fully saturated rings. The van der Waals surface area contributed by atoms with Crippen LogP contribution in [-0.2, 0) is 11.2 Å². The van der Waals surface area contributed by atoms with E-state index in [0.29, 0.717) is 55.9 Å². The summed E-state index contributed by atoms with van der Waals surface area (Å²) in [6.45, 7) is 3.07. The molecule has 33 heavy (non-hydrogen) atoms. The van der Waals surface area contributed by atoms with Gasteiger partial charge < -0.3 is 25.2 Å². The van der Waals surface area contributed by atoms with E-state index in [2.05, 4.69) is 10.3 Å². The van der Waals surface area contributed by atoms with Crippen LogP contribution in [0.3, 0.4) is 0 Å². The van der Waals surface area contributed by atoms with Crippen molar-refractivity contribution in [2.24, 2.45) is 5.41 Å². The first-order valence-corrected chi connectivity index (χ1v) is 11.4.